The lowest BCUT2D eigenvalue weighted by molar-refractivity contribution is 0.174. The fourth-order valence-corrected chi connectivity index (χ4v) is 2.38. The molecule has 1 atom stereocenters. The van der Waals surface area contributed by atoms with E-state index in [1.54, 1.807) is 31.2 Å². The first kappa shape index (κ1) is 17.1. The van der Waals surface area contributed by atoms with Crippen LogP contribution in [0.1, 0.15) is 28.9 Å². The topological polar surface area (TPSA) is 120 Å². The van der Waals surface area contributed by atoms with E-state index < -0.39 is 6.10 Å². The number of aromatic nitrogens is 4. The van der Waals surface area contributed by atoms with Crippen LogP contribution in [0.4, 0.5) is 5.69 Å². The van der Waals surface area contributed by atoms with Crippen molar-refractivity contribution < 1.29 is 9.63 Å². The lowest BCUT2D eigenvalue weighted by Gasteiger charge is -2.08. The maximum absolute atomic E-state index is 12.1. The van der Waals surface area contributed by atoms with Gasteiger partial charge in [0, 0.05) is 17.0 Å². The Labute approximate surface area is 147 Å². The van der Waals surface area contributed by atoms with E-state index in [4.69, 9.17) is 21.9 Å². The van der Waals surface area contributed by atoms with Crippen molar-refractivity contribution in [2.24, 2.45) is 0 Å². The first-order valence-electron chi connectivity index (χ1n) is 7.51. The van der Waals surface area contributed by atoms with Gasteiger partial charge in [-0.1, -0.05) is 28.9 Å². The zero-order valence-electron chi connectivity index (χ0n) is 13.4. The predicted octanol–water partition coefficient (Wildman–Crippen LogP) is 1.49. The van der Waals surface area contributed by atoms with Crippen molar-refractivity contribution in [3.8, 4) is 0 Å². The number of rotatable bonds is 5. The van der Waals surface area contributed by atoms with Gasteiger partial charge in [0.1, 0.15) is 6.54 Å². The molecular weight excluding hydrogens is 346 g/mol. The van der Waals surface area contributed by atoms with Crippen LogP contribution >= 0.6 is 11.6 Å². The van der Waals surface area contributed by atoms with E-state index in [0.29, 0.717) is 27.7 Å². The lowest BCUT2D eigenvalue weighted by atomic mass is 10.1. The predicted molar refractivity (Wildman–Crippen MR) is 91.2 cm³/mol. The van der Waals surface area contributed by atoms with Gasteiger partial charge in [-0.3, -0.25) is 4.79 Å². The molecule has 0 fully saturated rings. The van der Waals surface area contributed by atoms with E-state index in [2.05, 4.69) is 15.2 Å². The number of nitrogens with zero attached hydrogens (tertiary/aromatic N) is 4. The lowest BCUT2D eigenvalue weighted by Crippen LogP contribution is -2.26. The van der Waals surface area contributed by atoms with E-state index in [0.717, 1.165) is 0 Å². The molecule has 1 aromatic carbocycles. The maximum atomic E-state index is 12.1. The Morgan fingerprint density at radius 2 is 2.08 bits per heavy atom. The van der Waals surface area contributed by atoms with Gasteiger partial charge in [-0.2, -0.15) is 10.1 Å². The van der Waals surface area contributed by atoms with Crippen LogP contribution in [-0.4, -0.2) is 25.0 Å². The highest BCUT2D eigenvalue weighted by molar-refractivity contribution is 6.30. The molecule has 8 nitrogen and oxygen atoms in total. The van der Waals surface area contributed by atoms with E-state index in [9.17, 15) is 9.90 Å². The van der Waals surface area contributed by atoms with Gasteiger partial charge < -0.3 is 15.4 Å². The third-order valence-corrected chi connectivity index (χ3v) is 4.00. The number of halogens is 1. The average molecular weight is 362 g/mol. The van der Waals surface area contributed by atoms with E-state index in [1.165, 1.54) is 10.9 Å². The zero-order valence-corrected chi connectivity index (χ0v) is 14.1. The number of aliphatic hydroxyl groups is 1. The minimum Gasteiger partial charge on any atom is -0.397 e. The van der Waals surface area contributed by atoms with Crippen LogP contribution in [0.25, 0.3) is 0 Å². The van der Waals surface area contributed by atoms with Crippen molar-refractivity contribution in [2.45, 2.75) is 26.0 Å². The molecule has 0 saturated heterocycles. The summed E-state index contributed by atoms with van der Waals surface area (Å²) in [5.74, 6) is 0.551. The summed E-state index contributed by atoms with van der Waals surface area (Å²) in [7, 11) is 0. The van der Waals surface area contributed by atoms with Crippen molar-refractivity contribution in [3.63, 3.8) is 0 Å². The summed E-state index contributed by atoms with van der Waals surface area (Å²) in [4.78, 5) is 16.3. The third kappa shape index (κ3) is 3.86. The molecule has 0 saturated carbocycles. The molecule has 130 valence electrons. The Morgan fingerprint density at radius 1 is 1.36 bits per heavy atom. The highest BCUT2D eigenvalue weighted by Crippen LogP contribution is 2.19. The molecule has 0 aliphatic carbocycles. The standard InChI is InChI=1S/C16H16ClN5O3/c1-9-12(18)7-19-22(16(9)24)8-15-20-14(21-25-15)6-13(23)10-2-4-11(17)5-3-10/h2-5,7,13,23H,6,8,18H2,1H3/t13-/m1/s1. The smallest absolute Gasteiger partial charge is 0.272 e. The normalized spacial score (nSPS) is 12.3. The Kier molecular flexibility index (Phi) is 4.82. The summed E-state index contributed by atoms with van der Waals surface area (Å²) in [5, 5.41) is 18.6. The number of hydrogen-bond donors (Lipinski definition) is 2. The molecule has 0 unspecified atom stereocenters. The summed E-state index contributed by atoms with van der Waals surface area (Å²) in [5.41, 5.74) is 6.76. The van der Waals surface area contributed by atoms with Crippen molar-refractivity contribution in [1.29, 1.82) is 0 Å². The van der Waals surface area contributed by atoms with Crippen molar-refractivity contribution >= 4 is 17.3 Å². The molecule has 3 N–H and O–H groups in total. The maximum Gasteiger partial charge on any atom is 0.272 e. The van der Waals surface area contributed by atoms with Gasteiger partial charge in [-0.05, 0) is 24.6 Å². The van der Waals surface area contributed by atoms with Gasteiger partial charge in [-0.25, -0.2) is 4.68 Å². The fourth-order valence-electron chi connectivity index (χ4n) is 2.25. The molecule has 0 aliphatic heterocycles. The van der Waals surface area contributed by atoms with Crippen LogP contribution in [0.15, 0.2) is 39.8 Å². The van der Waals surface area contributed by atoms with Crippen LogP contribution in [0.2, 0.25) is 5.02 Å². The minimum atomic E-state index is -0.790. The monoisotopic (exact) mass is 361 g/mol. The van der Waals surface area contributed by atoms with Crippen molar-refractivity contribution in [1.82, 2.24) is 19.9 Å². The number of nitrogen functional groups attached to an aromatic ring is 1. The molecule has 3 aromatic rings. The number of nitrogens with two attached hydrogens (primary N) is 1. The first-order valence-corrected chi connectivity index (χ1v) is 7.89. The second-order valence-electron chi connectivity index (χ2n) is 5.56. The Balaban J connectivity index is 1.71. The molecule has 2 heterocycles. The Morgan fingerprint density at radius 3 is 2.80 bits per heavy atom. The second-order valence-corrected chi connectivity index (χ2v) is 6.00. The van der Waals surface area contributed by atoms with Crippen molar-refractivity contribution in [2.75, 3.05) is 5.73 Å². The quantitative estimate of drug-likeness (QED) is 0.706. The van der Waals surface area contributed by atoms with Gasteiger partial charge in [0.15, 0.2) is 5.82 Å². The van der Waals surface area contributed by atoms with Crippen LogP contribution in [0.3, 0.4) is 0 Å². The third-order valence-electron chi connectivity index (χ3n) is 3.75. The SMILES string of the molecule is Cc1c(N)cnn(Cc2nc(C[C@@H](O)c3ccc(Cl)cc3)no2)c1=O. The number of anilines is 1. The van der Waals surface area contributed by atoms with Gasteiger partial charge in [-0.15, -0.1) is 0 Å². The zero-order chi connectivity index (χ0) is 18.0. The molecule has 25 heavy (non-hydrogen) atoms. The van der Waals surface area contributed by atoms with Crippen LogP contribution in [-0.2, 0) is 13.0 Å². The summed E-state index contributed by atoms with van der Waals surface area (Å²) in [6, 6.07) is 6.86. The summed E-state index contributed by atoms with van der Waals surface area (Å²) in [6.45, 7) is 1.65. The van der Waals surface area contributed by atoms with Gasteiger partial charge in [0.05, 0.1) is 18.0 Å². The first-order chi connectivity index (χ1) is 11.9. The molecule has 0 spiro atoms. The Hall–Kier alpha value is -2.71. The van der Waals surface area contributed by atoms with Crippen LogP contribution in [0, 0.1) is 6.92 Å². The number of aliphatic hydroxyl groups excluding tert-OH is 1. The molecule has 0 aliphatic rings. The molecular formula is C16H16ClN5O3. The molecule has 3 rings (SSSR count). The summed E-state index contributed by atoms with van der Waals surface area (Å²) in [6.07, 6.45) is 0.786. The largest absolute Gasteiger partial charge is 0.397 e. The number of hydrogen-bond acceptors (Lipinski definition) is 7. The highest BCUT2D eigenvalue weighted by atomic mass is 35.5. The molecule has 9 heteroatoms. The minimum absolute atomic E-state index is 0.0317. The average Bonchev–Trinajstić information content (AvgIpc) is 3.03. The molecule has 0 amide bonds. The molecule has 0 radical (unpaired) electrons. The summed E-state index contributed by atoms with van der Waals surface area (Å²) >= 11 is 5.83. The van der Waals surface area contributed by atoms with E-state index in [-0.39, 0.29) is 24.4 Å². The van der Waals surface area contributed by atoms with Gasteiger partial charge >= 0.3 is 0 Å². The van der Waals surface area contributed by atoms with Gasteiger partial charge in [0.25, 0.3) is 5.56 Å². The van der Waals surface area contributed by atoms with E-state index in [1.807, 2.05) is 0 Å². The van der Waals surface area contributed by atoms with Gasteiger partial charge in [0.2, 0.25) is 5.89 Å². The van der Waals surface area contributed by atoms with E-state index >= 15 is 0 Å². The molecule has 2 aromatic heterocycles. The summed E-state index contributed by atoms with van der Waals surface area (Å²) < 4.78 is 6.32. The Bertz CT molecular complexity index is 936. The second kappa shape index (κ2) is 7.04. The van der Waals surface area contributed by atoms with Crippen LogP contribution in [0.5, 0.6) is 0 Å². The van der Waals surface area contributed by atoms with Crippen LogP contribution < -0.4 is 11.3 Å². The van der Waals surface area contributed by atoms with Crippen molar-refractivity contribution in [3.05, 3.63) is 68.7 Å². The number of benzene rings is 1. The molecule has 0 bridgehead atoms. The highest BCUT2D eigenvalue weighted by Gasteiger charge is 2.15. The fraction of sp³-hybridized carbons (Fsp3) is 0.250.